The van der Waals surface area contributed by atoms with Gasteiger partial charge in [0.15, 0.2) is 0 Å². The minimum atomic E-state index is -0.517. The second kappa shape index (κ2) is 9.58. The molecule has 0 radical (unpaired) electrons. The lowest BCUT2D eigenvalue weighted by Crippen LogP contribution is -2.05. The molecule has 0 fully saturated rings. The van der Waals surface area contributed by atoms with Gasteiger partial charge in [-0.25, -0.2) is 4.79 Å². The van der Waals surface area contributed by atoms with Crippen molar-refractivity contribution >= 4 is 23.0 Å². The van der Waals surface area contributed by atoms with E-state index >= 15 is 0 Å². The number of nitrogens with zero attached hydrogens (tertiary/aromatic N) is 2. The minimum Gasteiger partial charge on any atom is -0.497 e. The van der Waals surface area contributed by atoms with Crippen LogP contribution >= 0.6 is 0 Å². The molecule has 0 aliphatic rings. The lowest BCUT2D eigenvalue weighted by atomic mass is 10.0. The van der Waals surface area contributed by atoms with Gasteiger partial charge in [-0.2, -0.15) is 0 Å². The SMILES string of the molecule is CCOC(=O)c1cc(C(=O)c2cccc(OC)c2)n2ccc(Cc3ccc([N+](=O)[O-])cc3)cc12. The molecule has 0 N–H and O–H groups in total. The summed E-state index contributed by atoms with van der Waals surface area (Å²) in [5.74, 6) is -0.215. The van der Waals surface area contributed by atoms with Crippen LogP contribution in [-0.2, 0) is 11.2 Å². The van der Waals surface area contributed by atoms with Crippen LogP contribution in [0.25, 0.3) is 5.52 Å². The van der Waals surface area contributed by atoms with Crippen molar-refractivity contribution in [3.63, 3.8) is 0 Å². The molecule has 2 heterocycles. The molecule has 8 nitrogen and oxygen atoms in total. The summed E-state index contributed by atoms with van der Waals surface area (Å²) < 4.78 is 12.1. The number of aromatic nitrogens is 1. The predicted octanol–water partition coefficient (Wildman–Crippen LogP) is 4.85. The molecule has 0 saturated heterocycles. The number of fused-ring (bicyclic) bond motifs is 1. The van der Waals surface area contributed by atoms with Crippen LogP contribution in [0.15, 0.2) is 72.9 Å². The third-order valence-electron chi connectivity index (χ3n) is 5.45. The first-order chi connectivity index (χ1) is 16.4. The highest BCUT2D eigenvalue weighted by Crippen LogP contribution is 2.25. The van der Waals surface area contributed by atoms with Crippen molar-refractivity contribution in [3.8, 4) is 5.75 Å². The predicted molar refractivity (Wildman–Crippen MR) is 126 cm³/mol. The molecule has 0 aliphatic carbocycles. The summed E-state index contributed by atoms with van der Waals surface area (Å²) in [6.45, 7) is 1.93. The zero-order valence-electron chi connectivity index (χ0n) is 18.7. The molecule has 0 atom stereocenters. The number of ether oxygens (including phenoxy) is 2. The molecule has 4 rings (SSSR count). The van der Waals surface area contributed by atoms with E-state index in [1.165, 1.54) is 19.2 Å². The van der Waals surface area contributed by atoms with E-state index in [9.17, 15) is 19.7 Å². The fraction of sp³-hybridized carbons (Fsp3) is 0.154. The number of carbonyl (C=O) groups excluding carboxylic acids is 2. The van der Waals surface area contributed by atoms with Crippen LogP contribution in [0.4, 0.5) is 5.69 Å². The number of carbonyl (C=O) groups is 2. The zero-order chi connectivity index (χ0) is 24.2. The van der Waals surface area contributed by atoms with E-state index < -0.39 is 10.9 Å². The molecule has 0 spiro atoms. The van der Waals surface area contributed by atoms with E-state index in [0.29, 0.717) is 34.5 Å². The Hall–Kier alpha value is -4.46. The molecule has 0 saturated carbocycles. The highest BCUT2D eigenvalue weighted by Gasteiger charge is 2.22. The molecule has 4 aromatic rings. The largest absolute Gasteiger partial charge is 0.497 e. The number of non-ortho nitro benzene ring substituents is 1. The van der Waals surface area contributed by atoms with Crippen LogP contribution in [-0.4, -0.2) is 34.8 Å². The quantitative estimate of drug-likeness (QED) is 0.162. The summed E-state index contributed by atoms with van der Waals surface area (Å²) in [6, 6.07) is 18.4. The van der Waals surface area contributed by atoms with Crippen molar-refractivity contribution in [2.24, 2.45) is 0 Å². The van der Waals surface area contributed by atoms with Crippen molar-refractivity contribution in [1.29, 1.82) is 0 Å². The fourth-order valence-electron chi connectivity index (χ4n) is 3.78. The van der Waals surface area contributed by atoms with Gasteiger partial charge in [0, 0.05) is 23.9 Å². The lowest BCUT2D eigenvalue weighted by molar-refractivity contribution is -0.384. The van der Waals surface area contributed by atoms with Crippen LogP contribution in [0.2, 0.25) is 0 Å². The van der Waals surface area contributed by atoms with E-state index in [1.807, 2.05) is 12.1 Å². The van der Waals surface area contributed by atoms with Gasteiger partial charge in [0.2, 0.25) is 5.78 Å². The van der Waals surface area contributed by atoms with Gasteiger partial charge in [0.05, 0.1) is 35.4 Å². The van der Waals surface area contributed by atoms with Crippen LogP contribution < -0.4 is 4.74 Å². The Labute approximate surface area is 195 Å². The van der Waals surface area contributed by atoms with E-state index in [-0.39, 0.29) is 18.1 Å². The van der Waals surface area contributed by atoms with Gasteiger partial charge in [0.25, 0.3) is 5.69 Å². The Morgan fingerprint density at radius 2 is 1.76 bits per heavy atom. The third kappa shape index (κ3) is 4.52. The summed E-state index contributed by atoms with van der Waals surface area (Å²) >= 11 is 0. The average Bonchev–Trinajstić information content (AvgIpc) is 3.23. The number of benzene rings is 2. The van der Waals surface area contributed by atoms with Gasteiger partial charge in [-0.15, -0.1) is 0 Å². The van der Waals surface area contributed by atoms with E-state index in [2.05, 4.69) is 0 Å². The Morgan fingerprint density at radius 3 is 2.44 bits per heavy atom. The van der Waals surface area contributed by atoms with Crippen molar-refractivity contribution in [1.82, 2.24) is 4.40 Å². The summed E-state index contributed by atoms with van der Waals surface area (Å²) in [4.78, 5) is 36.4. The molecular weight excluding hydrogens is 436 g/mol. The summed E-state index contributed by atoms with van der Waals surface area (Å²) in [7, 11) is 1.53. The molecule has 0 unspecified atom stereocenters. The molecule has 2 aromatic carbocycles. The highest BCUT2D eigenvalue weighted by atomic mass is 16.6. The monoisotopic (exact) mass is 458 g/mol. The Kier molecular flexibility index (Phi) is 6.40. The van der Waals surface area contributed by atoms with Crippen molar-refractivity contribution in [3.05, 3.63) is 111 Å². The van der Waals surface area contributed by atoms with Crippen LogP contribution in [0.5, 0.6) is 5.75 Å². The number of esters is 1. The first kappa shape index (κ1) is 22.7. The van der Waals surface area contributed by atoms with Crippen molar-refractivity contribution < 1.29 is 24.0 Å². The normalized spacial score (nSPS) is 10.8. The first-order valence-electron chi connectivity index (χ1n) is 10.6. The van der Waals surface area contributed by atoms with E-state index in [4.69, 9.17) is 9.47 Å². The molecule has 0 amide bonds. The Morgan fingerprint density at radius 1 is 1.00 bits per heavy atom. The molecule has 8 heteroatoms. The van der Waals surface area contributed by atoms with Gasteiger partial charge in [-0.1, -0.05) is 24.3 Å². The number of rotatable bonds is 8. The molecule has 34 heavy (non-hydrogen) atoms. The number of methoxy groups -OCH3 is 1. The summed E-state index contributed by atoms with van der Waals surface area (Å²) in [5.41, 5.74) is 3.38. The number of pyridine rings is 1. The highest BCUT2D eigenvalue weighted by molar-refractivity contribution is 6.11. The maximum absolute atomic E-state index is 13.3. The topological polar surface area (TPSA) is 100 Å². The first-order valence-corrected chi connectivity index (χ1v) is 10.6. The molecule has 0 aliphatic heterocycles. The molecule has 0 bridgehead atoms. The maximum atomic E-state index is 13.3. The zero-order valence-corrected chi connectivity index (χ0v) is 18.7. The summed E-state index contributed by atoms with van der Waals surface area (Å²) in [6.07, 6.45) is 2.24. The smallest absolute Gasteiger partial charge is 0.340 e. The molecule has 2 aromatic heterocycles. The van der Waals surface area contributed by atoms with Gasteiger partial charge >= 0.3 is 5.97 Å². The molecule has 172 valence electrons. The average molecular weight is 458 g/mol. The fourth-order valence-corrected chi connectivity index (χ4v) is 3.78. The van der Waals surface area contributed by atoms with Crippen molar-refractivity contribution in [2.45, 2.75) is 13.3 Å². The van der Waals surface area contributed by atoms with Crippen molar-refractivity contribution in [2.75, 3.05) is 13.7 Å². The second-order valence-corrected chi connectivity index (χ2v) is 7.62. The van der Waals surface area contributed by atoms with E-state index in [0.717, 1.165) is 11.1 Å². The number of ketones is 1. The third-order valence-corrected chi connectivity index (χ3v) is 5.45. The maximum Gasteiger partial charge on any atom is 0.340 e. The van der Waals surface area contributed by atoms with Gasteiger partial charge in [-0.3, -0.25) is 14.9 Å². The number of nitro benzene ring substituents is 1. The Balaban J connectivity index is 1.75. The lowest BCUT2D eigenvalue weighted by Gasteiger charge is -2.07. The standard InChI is InChI=1S/C26H22N2O6/c1-3-34-26(30)22-16-24(25(29)19-5-4-6-21(15-19)33-2)27-12-11-18(14-23(22)27)13-17-7-9-20(10-8-17)28(31)32/h4-12,14-16H,3,13H2,1-2H3. The number of hydrogen-bond donors (Lipinski definition) is 0. The van der Waals surface area contributed by atoms with E-state index in [1.54, 1.807) is 60.0 Å². The molecular formula is C26H22N2O6. The van der Waals surface area contributed by atoms with Crippen LogP contribution in [0.1, 0.15) is 44.5 Å². The minimum absolute atomic E-state index is 0.0242. The summed E-state index contributed by atoms with van der Waals surface area (Å²) in [5, 5.41) is 10.9. The second-order valence-electron chi connectivity index (χ2n) is 7.62. The van der Waals surface area contributed by atoms with Crippen LogP contribution in [0, 0.1) is 10.1 Å². The van der Waals surface area contributed by atoms with Gasteiger partial charge < -0.3 is 13.9 Å². The number of hydrogen-bond acceptors (Lipinski definition) is 6. The van der Waals surface area contributed by atoms with Gasteiger partial charge in [0.1, 0.15) is 5.75 Å². The number of nitro groups is 1. The Bertz CT molecular complexity index is 1390. The van der Waals surface area contributed by atoms with Gasteiger partial charge in [-0.05, 0) is 54.8 Å². The van der Waals surface area contributed by atoms with Crippen LogP contribution in [0.3, 0.4) is 0 Å².